The fourth-order valence-corrected chi connectivity index (χ4v) is 3.15. The summed E-state index contributed by atoms with van der Waals surface area (Å²) in [6, 6.07) is 21.4. The maximum Gasteiger partial charge on any atom is 0.0818 e. The van der Waals surface area contributed by atoms with E-state index in [-0.39, 0.29) is 6.10 Å². The van der Waals surface area contributed by atoms with Gasteiger partial charge < -0.3 is 4.74 Å². The lowest BCUT2D eigenvalue weighted by Gasteiger charge is -2.20. The van der Waals surface area contributed by atoms with Crippen molar-refractivity contribution in [3.05, 3.63) is 77.4 Å². The second-order valence-corrected chi connectivity index (χ2v) is 5.92. The minimum Gasteiger partial charge on any atom is -0.373 e. The van der Waals surface area contributed by atoms with Crippen molar-refractivity contribution in [3.63, 3.8) is 0 Å². The van der Waals surface area contributed by atoms with E-state index in [4.69, 9.17) is 4.74 Å². The van der Waals surface area contributed by atoms with Gasteiger partial charge in [0.05, 0.1) is 12.7 Å². The maximum absolute atomic E-state index is 5.99. The second-order valence-electron chi connectivity index (χ2n) is 5.92. The first-order valence-corrected chi connectivity index (χ1v) is 7.73. The average molecular weight is 278 g/mol. The van der Waals surface area contributed by atoms with Gasteiger partial charge >= 0.3 is 0 Å². The lowest BCUT2D eigenvalue weighted by atomic mass is 9.87. The largest absolute Gasteiger partial charge is 0.373 e. The van der Waals surface area contributed by atoms with Crippen LogP contribution in [-0.4, -0.2) is 12.7 Å². The molecule has 0 N–H and O–H groups in total. The normalized spacial score (nSPS) is 18.2. The molecular formula is C20H22O. The molecule has 0 amide bonds. The minimum absolute atomic E-state index is 0.236. The van der Waals surface area contributed by atoms with Crippen LogP contribution in [0.4, 0.5) is 0 Å². The molecule has 0 spiro atoms. The van der Waals surface area contributed by atoms with Crippen molar-refractivity contribution in [2.24, 2.45) is 5.92 Å². The first-order chi connectivity index (χ1) is 10.3. The molecule has 0 saturated carbocycles. The van der Waals surface area contributed by atoms with E-state index >= 15 is 0 Å². The number of hydrogen-bond acceptors (Lipinski definition) is 1. The monoisotopic (exact) mass is 278 g/mol. The molecule has 1 saturated heterocycles. The van der Waals surface area contributed by atoms with Crippen molar-refractivity contribution >= 4 is 5.57 Å². The number of rotatable bonds is 3. The SMILES string of the molecule is CC(C)C1OCCC1=C(c1ccccc1)c1ccccc1. The van der Waals surface area contributed by atoms with Crippen molar-refractivity contribution in [1.29, 1.82) is 0 Å². The Morgan fingerprint density at radius 2 is 1.43 bits per heavy atom. The smallest absolute Gasteiger partial charge is 0.0818 e. The van der Waals surface area contributed by atoms with Gasteiger partial charge in [0.25, 0.3) is 0 Å². The van der Waals surface area contributed by atoms with Gasteiger partial charge in [-0.05, 0) is 34.6 Å². The van der Waals surface area contributed by atoms with Gasteiger partial charge in [-0.2, -0.15) is 0 Å². The first-order valence-electron chi connectivity index (χ1n) is 7.73. The standard InChI is InChI=1S/C20H22O/c1-15(2)20-18(13-14-21-20)19(16-9-5-3-6-10-16)17-11-7-4-8-12-17/h3-12,15,20H,13-14H2,1-2H3. The van der Waals surface area contributed by atoms with Crippen molar-refractivity contribution in [3.8, 4) is 0 Å². The van der Waals surface area contributed by atoms with E-state index in [2.05, 4.69) is 74.5 Å². The quantitative estimate of drug-likeness (QED) is 0.773. The van der Waals surface area contributed by atoms with E-state index in [1.165, 1.54) is 22.3 Å². The average Bonchev–Trinajstić information content (AvgIpc) is 2.99. The molecule has 1 atom stereocenters. The van der Waals surface area contributed by atoms with Crippen LogP contribution in [0.25, 0.3) is 5.57 Å². The molecular weight excluding hydrogens is 256 g/mol. The predicted octanol–water partition coefficient (Wildman–Crippen LogP) is 4.93. The van der Waals surface area contributed by atoms with Gasteiger partial charge in [-0.3, -0.25) is 0 Å². The third-order valence-electron chi connectivity index (χ3n) is 4.06. The van der Waals surface area contributed by atoms with Crippen molar-refractivity contribution < 1.29 is 4.74 Å². The van der Waals surface area contributed by atoms with Gasteiger partial charge in [0.15, 0.2) is 0 Å². The lowest BCUT2D eigenvalue weighted by Crippen LogP contribution is -2.17. The molecule has 0 bridgehead atoms. The summed E-state index contributed by atoms with van der Waals surface area (Å²) in [6.45, 7) is 5.31. The molecule has 1 heteroatoms. The summed E-state index contributed by atoms with van der Waals surface area (Å²) in [5, 5.41) is 0. The Morgan fingerprint density at radius 1 is 0.905 bits per heavy atom. The van der Waals surface area contributed by atoms with E-state index in [0.717, 1.165) is 13.0 Å². The van der Waals surface area contributed by atoms with Crippen molar-refractivity contribution in [1.82, 2.24) is 0 Å². The van der Waals surface area contributed by atoms with Crippen molar-refractivity contribution in [2.75, 3.05) is 6.61 Å². The zero-order valence-electron chi connectivity index (χ0n) is 12.8. The van der Waals surface area contributed by atoms with E-state index in [0.29, 0.717) is 5.92 Å². The third-order valence-corrected chi connectivity index (χ3v) is 4.06. The molecule has 0 aromatic heterocycles. The zero-order chi connectivity index (χ0) is 14.7. The Labute approximate surface area is 127 Å². The molecule has 1 aliphatic heterocycles. The fraction of sp³-hybridized carbons (Fsp3) is 0.300. The van der Waals surface area contributed by atoms with Crippen molar-refractivity contribution in [2.45, 2.75) is 26.4 Å². The van der Waals surface area contributed by atoms with E-state index in [9.17, 15) is 0 Å². The summed E-state index contributed by atoms with van der Waals surface area (Å²) < 4.78 is 5.99. The van der Waals surface area contributed by atoms with E-state index in [1.54, 1.807) is 0 Å². The van der Waals surface area contributed by atoms with Crippen LogP contribution in [0.15, 0.2) is 66.2 Å². The highest BCUT2D eigenvalue weighted by Crippen LogP contribution is 2.36. The van der Waals surface area contributed by atoms with Crippen LogP contribution in [0.3, 0.4) is 0 Å². The fourth-order valence-electron chi connectivity index (χ4n) is 3.15. The van der Waals surface area contributed by atoms with E-state index < -0.39 is 0 Å². The van der Waals surface area contributed by atoms with Crippen LogP contribution in [0, 0.1) is 5.92 Å². The molecule has 0 aliphatic carbocycles. The lowest BCUT2D eigenvalue weighted by molar-refractivity contribution is 0.0910. The van der Waals surface area contributed by atoms with Gasteiger partial charge in [-0.25, -0.2) is 0 Å². The van der Waals surface area contributed by atoms with Crippen LogP contribution in [-0.2, 0) is 4.74 Å². The molecule has 1 heterocycles. The Hall–Kier alpha value is -1.86. The van der Waals surface area contributed by atoms with Gasteiger partial charge in [0.1, 0.15) is 0 Å². The zero-order valence-corrected chi connectivity index (χ0v) is 12.8. The van der Waals surface area contributed by atoms with Crippen LogP contribution < -0.4 is 0 Å². The summed E-state index contributed by atoms with van der Waals surface area (Å²) in [5.41, 5.74) is 5.37. The molecule has 2 aromatic carbocycles. The van der Waals surface area contributed by atoms with Gasteiger partial charge in [-0.15, -0.1) is 0 Å². The number of ether oxygens (including phenoxy) is 1. The topological polar surface area (TPSA) is 9.23 Å². The Bertz CT molecular complexity index is 569. The number of benzene rings is 2. The highest BCUT2D eigenvalue weighted by Gasteiger charge is 2.28. The molecule has 1 aliphatic rings. The van der Waals surface area contributed by atoms with Crippen LogP contribution in [0.2, 0.25) is 0 Å². The predicted molar refractivity (Wildman–Crippen MR) is 88.1 cm³/mol. The molecule has 1 unspecified atom stereocenters. The molecule has 0 radical (unpaired) electrons. The van der Waals surface area contributed by atoms with Gasteiger partial charge in [0, 0.05) is 0 Å². The molecule has 2 aromatic rings. The van der Waals surface area contributed by atoms with Gasteiger partial charge in [-0.1, -0.05) is 74.5 Å². The van der Waals surface area contributed by atoms with Gasteiger partial charge in [0.2, 0.25) is 0 Å². The maximum atomic E-state index is 5.99. The highest BCUT2D eigenvalue weighted by atomic mass is 16.5. The molecule has 21 heavy (non-hydrogen) atoms. The minimum atomic E-state index is 0.236. The summed E-state index contributed by atoms with van der Waals surface area (Å²) in [4.78, 5) is 0. The molecule has 1 fully saturated rings. The summed E-state index contributed by atoms with van der Waals surface area (Å²) in [6.07, 6.45) is 1.27. The second kappa shape index (κ2) is 6.28. The summed E-state index contributed by atoms with van der Waals surface area (Å²) >= 11 is 0. The van der Waals surface area contributed by atoms with Crippen LogP contribution in [0.5, 0.6) is 0 Å². The van der Waals surface area contributed by atoms with Crippen LogP contribution in [0.1, 0.15) is 31.4 Å². The Morgan fingerprint density at radius 3 is 1.90 bits per heavy atom. The molecule has 1 nitrogen and oxygen atoms in total. The Kier molecular flexibility index (Phi) is 4.21. The van der Waals surface area contributed by atoms with E-state index in [1.807, 2.05) is 0 Å². The summed E-state index contributed by atoms with van der Waals surface area (Å²) in [5.74, 6) is 0.505. The van der Waals surface area contributed by atoms with Crippen LogP contribution >= 0.6 is 0 Å². The summed E-state index contributed by atoms with van der Waals surface area (Å²) in [7, 11) is 0. The molecule has 3 rings (SSSR count). The first kappa shape index (κ1) is 14.1. The Balaban J connectivity index is 2.17. The molecule has 108 valence electrons. The number of hydrogen-bond donors (Lipinski definition) is 0. The third kappa shape index (κ3) is 2.93. The highest BCUT2D eigenvalue weighted by molar-refractivity contribution is 5.82.